The standard InChI is InChI=1S/C31H31N3O3/c1-23(2)34(31(36)24-11-5-3-6-12-24)22-29(35)33-20-19-32-18-10-17-28(32)30(33)25-13-9-16-27(21-25)37-26-14-7-4-8-15-26/h3-18,21,23,30H,19-20,22H2,1-2H3. The van der Waals surface area contributed by atoms with E-state index in [1.54, 1.807) is 17.0 Å². The number of nitrogens with zero attached hydrogens (tertiary/aromatic N) is 3. The van der Waals surface area contributed by atoms with Crippen LogP contribution in [-0.2, 0) is 11.3 Å². The Morgan fingerprint density at radius 1 is 0.865 bits per heavy atom. The number of para-hydroxylation sites is 1. The van der Waals surface area contributed by atoms with E-state index in [1.807, 2.05) is 104 Å². The Kier molecular flexibility index (Phi) is 7.08. The third-order valence-electron chi connectivity index (χ3n) is 6.72. The van der Waals surface area contributed by atoms with Crippen LogP contribution in [0.15, 0.2) is 103 Å². The van der Waals surface area contributed by atoms with Gasteiger partial charge in [0.1, 0.15) is 18.0 Å². The molecule has 4 aromatic rings. The molecule has 1 aromatic heterocycles. The fraction of sp³-hybridized carbons (Fsp3) is 0.226. The second kappa shape index (κ2) is 10.7. The summed E-state index contributed by atoms with van der Waals surface area (Å²) in [6, 6.07) is 30.4. The molecular formula is C31H31N3O3. The number of carbonyl (C=O) groups is 2. The van der Waals surface area contributed by atoms with E-state index >= 15 is 0 Å². The Balaban J connectivity index is 1.43. The van der Waals surface area contributed by atoms with Gasteiger partial charge in [0.05, 0.1) is 6.04 Å². The van der Waals surface area contributed by atoms with E-state index in [9.17, 15) is 9.59 Å². The number of ether oxygens (including phenoxy) is 1. The van der Waals surface area contributed by atoms with Crippen LogP contribution in [0.25, 0.3) is 0 Å². The number of carbonyl (C=O) groups excluding carboxylic acids is 2. The minimum Gasteiger partial charge on any atom is -0.457 e. The lowest BCUT2D eigenvalue weighted by Gasteiger charge is -2.39. The molecule has 0 N–H and O–H groups in total. The maximum Gasteiger partial charge on any atom is 0.254 e. The van der Waals surface area contributed by atoms with Gasteiger partial charge in [-0.05, 0) is 67.9 Å². The first-order valence-electron chi connectivity index (χ1n) is 12.6. The SMILES string of the molecule is CC(C)N(CC(=O)N1CCn2cccc2C1c1cccc(Oc2ccccc2)c1)C(=O)c1ccccc1. The van der Waals surface area contributed by atoms with Crippen molar-refractivity contribution >= 4 is 11.8 Å². The third-order valence-corrected chi connectivity index (χ3v) is 6.72. The van der Waals surface area contributed by atoms with Crippen LogP contribution in [0.5, 0.6) is 11.5 Å². The highest BCUT2D eigenvalue weighted by Crippen LogP contribution is 2.35. The monoisotopic (exact) mass is 493 g/mol. The van der Waals surface area contributed by atoms with E-state index in [4.69, 9.17) is 4.74 Å². The zero-order valence-corrected chi connectivity index (χ0v) is 21.2. The van der Waals surface area contributed by atoms with Gasteiger partial charge in [0, 0.05) is 36.6 Å². The Labute approximate surface area is 217 Å². The van der Waals surface area contributed by atoms with Gasteiger partial charge in [-0.25, -0.2) is 0 Å². The predicted octanol–water partition coefficient (Wildman–Crippen LogP) is 5.76. The van der Waals surface area contributed by atoms with Crippen LogP contribution in [0, 0.1) is 0 Å². The summed E-state index contributed by atoms with van der Waals surface area (Å²) < 4.78 is 8.28. The highest BCUT2D eigenvalue weighted by molar-refractivity contribution is 5.96. The second-order valence-electron chi connectivity index (χ2n) is 9.50. The van der Waals surface area contributed by atoms with Gasteiger partial charge in [0.15, 0.2) is 0 Å². The van der Waals surface area contributed by atoms with Crippen molar-refractivity contribution in [3.05, 3.63) is 120 Å². The number of amides is 2. The number of hydrogen-bond acceptors (Lipinski definition) is 3. The van der Waals surface area contributed by atoms with Gasteiger partial charge >= 0.3 is 0 Å². The van der Waals surface area contributed by atoms with Crippen LogP contribution in [-0.4, -0.2) is 45.3 Å². The van der Waals surface area contributed by atoms with Crippen molar-refractivity contribution in [2.45, 2.75) is 32.5 Å². The highest BCUT2D eigenvalue weighted by Gasteiger charge is 2.34. The molecule has 1 atom stereocenters. The molecule has 6 nitrogen and oxygen atoms in total. The van der Waals surface area contributed by atoms with Crippen LogP contribution in [0.1, 0.15) is 41.5 Å². The molecule has 0 radical (unpaired) electrons. The average molecular weight is 494 g/mol. The maximum absolute atomic E-state index is 13.8. The van der Waals surface area contributed by atoms with Crippen LogP contribution >= 0.6 is 0 Å². The van der Waals surface area contributed by atoms with Crippen molar-refractivity contribution in [3.63, 3.8) is 0 Å². The summed E-state index contributed by atoms with van der Waals surface area (Å²) in [5, 5.41) is 0. The molecule has 5 rings (SSSR count). The molecule has 0 aliphatic carbocycles. The minimum atomic E-state index is -0.281. The fourth-order valence-corrected chi connectivity index (χ4v) is 4.85. The molecule has 1 unspecified atom stereocenters. The van der Waals surface area contributed by atoms with E-state index in [-0.39, 0.29) is 30.4 Å². The van der Waals surface area contributed by atoms with Crippen molar-refractivity contribution in [1.82, 2.24) is 14.4 Å². The molecule has 37 heavy (non-hydrogen) atoms. The van der Waals surface area contributed by atoms with Gasteiger partial charge in [0.2, 0.25) is 5.91 Å². The summed E-state index contributed by atoms with van der Waals surface area (Å²) in [5.41, 5.74) is 2.59. The van der Waals surface area contributed by atoms with Crippen molar-refractivity contribution in [1.29, 1.82) is 0 Å². The van der Waals surface area contributed by atoms with E-state index in [2.05, 4.69) is 10.6 Å². The second-order valence-corrected chi connectivity index (χ2v) is 9.50. The normalized spacial score (nSPS) is 14.8. The van der Waals surface area contributed by atoms with E-state index in [1.165, 1.54) is 0 Å². The van der Waals surface area contributed by atoms with Crippen LogP contribution in [0.2, 0.25) is 0 Å². The number of rotatable bonds is 7. The molecule has 1 aliphatic rings. The summed E-state index contributed by atoms with van der Waals surface area (Å²) in [7, 11) is 0. The van der Waals surface area contributed by atoms with Gasteiger partial charge in [-0.15, -0.1) is 0 Å². The zero-order chi connectivity index (χ0) is 25.8. The Bertz CT molecular complexity index is 1360. The smallest absolute Gasteiger partial charge is 0.254 e. The molecular weight excluding hydrogens is 462 g/mol. The van der Waals surface area contributed by atoms with Crippen molar-refractivity contribution in [3.8, 4) is 11.5 Å². The molecule has 0 spiro atoms. The highest BCUT2D eigenvalue weighted by atomic mass is 16.5. The first-order valence-corrected chi connectivity index (χ1v) is 12.6. The minimum absolute atomic E-state index is 0.0167. The largest absolute Gasteiger partial charge is 0.457 e. The Hall–Kier alpha value is -4.32. The first kappa shape index (κ1) is 24.4. The van der Waals surface area contributed by atoms with Crippen molar-refractivity contribution < 1.29 is 14.3 Å². The molecule has 188 valence electrons. The van der Waals surface area contributed by atoms with Gasteiger partial charge in [-0.2, -0.15) is 0 Å². The van der Waals surface area contributed by atoms with E-state index < -0.39 is 0 Å². The third kappa shape index (κ3) is 5.28. The molecule has 2 amide bonds. The average Bonchev–Trinajstić information content (AvgIpc) is 3.41. The van der Waals surface area contributed by atoms with Crippen molar-refractivity contribution in [2.24, 2.45) is 0 Å². The fourth-order valence-electron chi connectivity index (χ4n) is 4.85. The van der Waals surface area contributed by atoms with Gasteiger partial charge in [-0.1, -0.05) is 48.5 Å². The Morgan fingerprint density at radius 2 is 1.57 bits per heavy atom. The summed E-state index contributed by atoms with van der Waals surface area (Å²) in [5.74, 6) is 1.25. The molecule has 6 heteroatoms. The lowest BCUT2D eigenvalue weighted by atomic mass is 9.99. The molecule has 2 heterocycles. The summed E-state index contributed by atoms with van der Waals surface area (Å²) >= 11 is 0. The number of fused-ring (bicyclic) bond motifs is 1. The van der Waals surface area contributed by atoms with E-state index in [0.29, 0.717) is 24.4 Å². The van der Waals surface area contributed by atoms with E-state index in [0.717, 1.165) is 17.0 Å². The summed E-state index contributed by atoms with van der Waals surface area (Å²) in [6.45, 7) is 5.16. The molecule has 3 aromatic carbocycles. The van der Waals surface area contributed by atoms with Gasteiger partial charge in [-0.3, -0.25) is 9.59 Å². The number of hydrogen-bond donors (Lipinski definition) is 0. The summed E-state index contributed by atoms with van der Waals surface area (Å²) in [6.07, 6.45) is 2.05. The number of aromatic nitrogens is 1. The van der Waals surface area contributed by atoms with Crippen LogP contribution < -0.4 is 4.74 Å². The summed E-state index contributed by atoms with van der Waals surface area (Å²) in [4.78, 5) is 30.6. The van der Waals surface area contributed by atoms with Crippen molar-refractivity contribution in [2.75, 3.05) is 13.1 Å². The molecule has 0 saturated heterocycles. The maximum atomic E-state index is 13.8. The quantitative estimate of drug-likeness (QED) is 0.329. The van der Waals surface area contributed by atoms with Gasteiger partial charge in [0.25, 0.3) is 5.91 Å². The molecule has 0 saturated carbocycles. The topological polar surface area (TPSA) is 54.8 Å². The zero-order valence-electron chi connectivity index (χ0n) is 21.2. The lowest BCUT2D eigenvalue weighted by molar-refractivity contribution is -0.135. The molecule has 0 bridgehead atoms. The van der Waals surface area contributed by atoms with Gasteiger partial charge < -0.3 is 19.1 Å². The number of benzene rings is 3. The Morgan fingerprint density at radius 3 is 2.30 bits per heavy atom. The lowest BCUT2D eigenvalue weighted by Crippen LogP contribution is -2.49. The van der Waals surface area contributed by atoms with Crippen LogP contribution in [0.3, 0.4) is 0 Å². The molecule has 1 aliphatic heterocycles. The predicted molar refractivity (Wildman–Crippen MR) is 144 cm³/mol. The molecule has 0 fully saturated rings. The van der Waals surface area contributed by atoms with Crippen LogP contribution in [0.4, 0.5) is 0 Å². The first-order chi connectivity index (χ1) is 18.0.